The Balaban J connectivity index is 1.24. The molecule has 0 atom stereocenters. The van der Waals surface area contributed by atoms with Gasteiger partial charge in [0.25, 0.3) is 17.0 Å². The molecule has 0 aliphatic carbocycles. The number of thioether (sulfide) groups is 1. The lowest BCUT2D eigenvalue weighted by Gasteiger charge is -2.13. The minimum Gasteiger partial charge on any atom is -0.411 e. The van der Waals surface area contributed by atoms with E-state index >= 15 is 0 Å². The zero-order chi connectivity index (χ0) is 18.6. The third kappa shape index (κ3) is 3.64. The Morgan fingerprint density at radius 1 is 0.852 bits per heavy atom. The Bertz CT molecular complexity index is 936. The largest absolute Gasteiger partial charge is 0.411 e. The predicted molar refractivity (Wildman–Crippen MR) is 102 cm³/mol. The summed E-state index contributed by atoms with van der Waals surface area (Å²) in [6, 6.07) is 16.6. The Labute approximate surface area is 160 Å². The van der Waals surface area contributed by atoms with Crippen molar-refractivity contribution in [1.82, 2.24) is 15.1 Å². The number of nitrogens with zero attached hydrogens (tertiary/aromatic N) is 3. The zero-order valence-corrected chi connectivity index (χ0v) is 15.3. The van der Waals surface area contributed by atoms with E-state index < -0.39 is 0 Å². The molecule has 0 radical (unpaired) electrons. The van der Waals surface area contributed by atoms with Crippen molar-refractivity contribution in [1.29, 1.82) is 0 Å². The Kier molecular flexibility index (Phi) is 5.02. The second-order valence-electron chi connectivity index (χ2n) is 6.10. The molecule has 0 spiro atoms. The molecule has 2 heterocycles. The van der Waals surface area contributed by atoms with Crippen molar-refractivity contribution < 1.29 is 14.0 Å². The fourth-order valence-electron chi connectivity index (χ4n) is 2.94. The number of hydrogen-bond donors (Lipinski definition) is 0. The molecule has 0 N–H and O–H groups in total. The molecule has 0 saturated carbocycles. The summed E-state index contributed by atoms with van der Waals surface area (Å²) in [6.07, 6.45) is 1.57. The first-order valence-electron chi connectivity index (χ1n) is 8.71. The SMILES string of the molecule is O=C1c2ccccc2C(=O)N1CCCCSc1nnc(-c2ccccc2)o1. The number of fused-ring (bicyclic) bond motifs is 1. The minimum atomic E-state index is -0.201. The number of carbonyl (C=O) groups excluding carboxylic acids is 2. The highest BCUT2D eigenvalue weighted by Gasteiger charge is 2.34. The summed E-state index contributed by atoms with van der Waals surface area (Å²) in [6.45, 7) is 0.423. The molecule has 1 aromatic heterocycles. The van der Waals surface area contributed by atoms with E-state index in [1.807, 2.05) is 30.3 Å². The van der Waals surface area contributed by atoms with Gasteiger partial charge >= 0.3 is 0 Å². The topological polar surface area (TPSA) is 76.3 Å². The lowest BCUT2D eigenvalue weighted by Crippen LogP contribution is -2.30. The van der Waals surface area contributed by atoms with Crippen LogP contribution in [0.4, 0.5) is 0 Å². The average molecular weight is 379 g/mol. The number of amides is 2. The van der Waals surface area contributed by atoms with Crippen molar-refractivity contribution >= 4 is 23.6 Å². The zero-order valence-electron chi connectivity index (χ0n) is 14.5. The highest BCUT2D eigenvalue weighted by molar-refractivity contribution is 7.99. The van der Waals surface area contributed by atoms with Gasteiger partial charge in [0, 0.05) is 17.9 Å². The van der Waals surface area contributed by atoms with Gasteiger partial charge in [0.1, 0.15) is 0 Å². The highest BCUT2D eigenvalue weighted by atomic mass is 32.2. The number of rotatable bonds is 7. The van der Waals surface area contributed by atoms with Crippen molar-refractivity contribution in [2.24, 2.45) is 0 Å². The minimum absolute atomic E-state index is 0.201. The van der Waals surface area contributed by atoms with E-state index in [2.05, 4.69) is 10.2 Å². The van der Waals surface area contributed by atoms with Gasteiger partial charge in [-0.2, -0.15) is 0 Å². The summed E-state index contributed by atoms with van der Waals surface area (Å²) in [5, 5.41) is 8.63. The van der Waals surface area contributed by atoms with Gasteiger partial charge in [-0.3, -0.25) is 14.5 Å². The summed E-state index contributed by atoms with van der Waals surface area (Å²) in [5.74, 6) is 0.879. The van der Waals surface area contributed by atoms with Crippen LogP contribution in [0.2, 0.25) is 0 Å². The van der Waals surface area contributed by atoms with E-state index in [9.17, 15) is 9.59 Å². The van der Waals surface area contributed by atoms with E-state index in [1.54, 1.807) is 24.3 Å². The van der Waals surface area contributed by atoms with Crippen molar-refractivity contribution in [3.8, 4) is 11.5 Å². The van der Waals surface area contributed by atoms with Crippen LogP contribution in [-0.2, 0) is 0 Å². The van der Waals surface area contributed by atoms with E-state index in [0.717, 1.165) is 24.2 Å². The van der Waals surface area contributed by atoms with Crippen LogP contribution in [0, 0.1) is 0 Å². The number of hydrogen-bond acceptors (Lipinski definition) is 6. The molecular formula is C20H17N3O3S. The second-order valence-corrected chi connectivity index (χ2v) is 7.15. The van der Waals surface area contributed by atoms with Gasteiger partial charge in [-0.05, 0) is 37.1 Å². The number of benzene rings is 2. The van der Waals surface area contributed by atoms with Crippen molar-refractivity contribution in [3.05, 3.63) is 65.7 Å². The quantitative estimate of drug-likeness (QED) is 0.352. The fraction of sp³-hybridized carbons (Fsp3) is 0.200. The first kappa shape index (κ1) is 17.5. The first-order valence-corrected chi connectivity index (χ1v) is 9.69. The molecule has 3 aromatic rings. The lowest BCUT2D eigenvalue weighted by atomic mass is 10.1. The summed E-state index contributed by atoms with van der Waals surface area (Å²) in [7, 11) is 0. The third-order valence-electron chi connectivity index (χ3n) is 4.31. The molecule has 7 heteroatoms. The van der Waals surface area contributed by atoms with Crippen LogP contribution in [0.25, 0.3) is 11.5 Å². The first-order chi connectivity index (χ1) is 13.2. The summed E-state index contributed by atoms with van der Waals surface area (Å²) >= 11 is 1.48. The van der Waals surface area contributed by atoms with Gasteiger partial charge in [-0.25, -0.2) is 0 Å². The van der Waals surface area contributed by atoms with Gasteiger partial charge in [0.05, 0.1) is 11.1 Å². The number of unbranched alkanes of at least 4 members (excludes halogenated alkanes) is 1. The third-order valence-corrected chi connectivity index (χ3v) is 5.21. The Hall–Kier alpha value is -2.93. The molecule has 2 amide bonds. The predicted octanol–water partition coefficient (Wildman–Crippen LogP) is 3.91. The smallest absolute Gasteiger partial charge is 0.276 e. The monoisotopic (exact) mass is 379 g/mol. The van der Waals surface area contributed by atoms with Gasteiger partial charge in [0.15, 0.2) is 0 Å². The van der Waals surface area contributed by atoms with Gasteiger partial charge in [-0.15, -0.1) is 10.2 Å². The maximum atomic E-state index is 12.3. The van der Waals surface area contributed by atoms with Crippen LogP contribution in [0.3, 0.4) is 0 Å². The number of imide groups is 1. The summed E-state index contributed by atoms with van der Waals surface area (Å²) in [4.78, 5) is 25.9. The van der Waals surface area contributed by atoms with Crippen LogP contribution in [0.5, 0.6) is 0 Å². The lowest BCUT2D eigenvalue weighted by molar-refractivity contribution is 0.0652. The normalized spacial score (nSPS) is 13.3. The highest BCUT2D eigenvalue weighted by Crippen LogP contribution is 2.25. The molecule has 0 bridgehead atoms. The van der Waals surface area contributed by atoms with Gasteiger partial charge in [-0.1, -0.05) is 42.1 Å². The van der Waals surface area contributed by atoms with Crippen LogP contribution in [0.1, 0.15) is 33.6 Å². The molecule has 0 unspecified atom stereocenters. The molecule has 6 nitrogen and oxygen atoms in total. The van der Waals surface area contributed by atoms with E-state index in [-0.39, 0.29) is 11.8 Å². The summed E-state index contributed by atoms with van der Waals surface area (Å²) < 4.78 is 5.65. The van der Waals surface area contributed by atoms with Crippen LogP contribution < -0.4 is 0 Å². The van der Waals surface area contributed by atoms with Crippen LogP contribution >= 0.6 is 11.8 Å². The second kappa shape index (κ2) is 7.75. The van der Waals surface area contributed by atoms with Crippen molar-refractivity contribution in [3.63, 3.8) is 0 Å². The molecule has 4 rings (SSSR count). The average Bonchev–Trinajstić information content (AvgIpc) is 3.27. The van der Waals surface area contributed by atoms with Crippen LogP contribution in [-0.4, -0.2) is 39.2 Å². The molecule has 0 saturated heterocycles. The maximum absolute atomic E-state index is 12.3. The number of aromatic nitrogens is 2. The van der Waals surface area contributed by atoms with Crippen molar-refractivity contribution in [2.45, 2.75) is 18.1 Å². The Morgan fingerprint density at radius 2 is 1.52 bits per heavy atom. The molecule has 2 aromatic carbocycles. The fourth-order valence-corrected chi connectivity index (χ4v) is 3.70. The molecule has 1 aliphatic rings. The standard InChI is InChI=1S/C20H17N3O3S/c24-18-15-10-4-5-11-16(15)19(25)23(18)12-6-7-13-27-20-22-21-17(26-20)14-8-2-1-3-9-14/h1-5,8-11H,6-7,12-13H2. The molecule has 1 aliphatic heterocycles. The van der Waals surface area contributed by atoms with E-state index in [0.29, 0.717) is 28.8 Å². The van der Waals surface area contributed by atoms with Crippen LogP contribution in [0.15, 0.2) is 64.2 Å². The molecule has 136 valence electrons. The van der Waals surface area contributed by atoms with E-state index in [1.165, 1.54) is 16.7 Å². The molecule has 27 heavy (non-hydrogen) atoms. The molecule has 0 fully saturated rings. The molecular weight excluding hydrogens is 362 g/mol. The van der Waals surface area contributed by atoms with Gasteiger partial charge < -0.3 is 4.42 Å². The number of carbonyl (C=O) groups is 2. The summed E-state index contributed by atoms with van der Waals surface area (Å²) in [5.41, 5.74) is 1.88. The maximum Gasteiger partial charge on any atom is 0.276 e. The Morgan fingerprint density at radius 3 is 2.22 bits per heavy atom. The van der Waals surface area contributed by atoms with Crippen molar-refractivity contribution in [2.75, 3.05) is 12.3 Å². The van der Waals surface area contributed by atoms with Gasteiger partial charge in [0.2, 0.25) is 5.89 Å². The van der Waals surface area contributed by atoms with E-state index in [4.69, 9.17) is 4.42 Å².